The van der Waals surface area contributed by atoms with Crippen LogP contribution in [-0.4, -0.2) is 24.6 Å². The zero-order valence-electron chi connectivity index (χ0n) is 10.3. The van der Waals surface area contributed by atoms with Gasteiger partial charge in [0, 0.05) is 13.2 Å². The van der Waals surface area contributed by atoms with Gasteiger partial charge in [0.25, 0.3) is 0 Å². The summed E-state index contributed by atoms with van der Waals surface area (Å²) < 4.78 is 1.61. The van der Waals surface area contributed by atoms with E-state index in [2.05, 4.69) is 9.97 Å². The maximum atomic E-state index is 11.1. The fourth-order valence-corrected chi connectivity index (χ4v) is 2.46. The Morgan fingerprint density at radius 2 is 2.35 bits per heavy atom. The third kappa shape index (κ3) is 2.47. The van der Waals surface area contributed by atoms with Crippen molar-refractivity contribution in [3.63, 3.8) is 0 Å². The number of pyridine rings is 1. The van der Waals surface area contributed by atoms with Gasteiger partial charge in [-0.3, -0.25) is 10.1 Å². The van der Waals surface area contributed by atoms with Crippen molar-refractivity contribution in [1.29, 1.82) is 5.26 Å². The number of aliphatic hydroxyl groups excluding tert-OH is 1. The SMILES string of the molecule is Cn1c(CO)cnc1Sc1nccc(C#N)c1[N+](=O)[O-]. The van der Waals surface area contributed by atoms with Gasteiger partial charge in [0.1, 0.15) is 11.6 Å². The highest BCUT2D eigenvalue weighted by atomic mass is 32.2. The fourth-order valence-electron chi connectivity index (χ4n) is 1.53. The van der Waals surface area contributed by atoms with Crippen LogP contribution in [-0.2, 0) is 13.7 Å². The van der Waals surface area contributed by atoms with Crippen LogP contribution >= 0.6 is 11.8 Å². The van der Waals surface area contributed by atoms with E-state index in [-0.39, 0.29) is 22.9 Å². The Morgan fingerprint density at radius 3 is 2.90 bits per heavy atom. The number of hydrogen-bond donors (Lipinski definition) is 1. The quantitative estimate of drug-likeness (QED) is 0.665. The molecule has 0 saturated carbocycles. The average Bonchev–Trinajstić information content (AvgIpc) is 2.79. The largest absolute Gasteiger partial charge is 0.390 e. The Bertz CT molecular complexity index is 707. The smallest absolute Gasteiger partial charge is 0.319 e. The van der Waals surface area contributed by atoms with E-state index >= 15 is 0 Å². The lowest BCUT2D eigenvalue weighted by molar-refractivity contribution is -0.388. The molecule has 0 spiro atoms. The Hall–Kier alpha value is -2.44. The molecule has 8 nitrogen and oxygen atoms in total. The van der Waals surface area contributed by atoms with Crippen molar-refractivity contribution in [3.8, 4) is 6.07 Å². The number of aromatic nitrogens is 3. The highest BCUT2D eigenvalue weighted by Gasteiger charge is 2.23. The number of imidazole rings is 1. The molecular formula is C11H9N5O3S. The Balaban J connectivity index is 2.46. The lowest BCUT2D eigenvalue weighted by Crippen LogP contribution is -2.00. The molecule has 0 fully saturated rings. The minimum atomic E-state index is -0.635. The predicted octanol–water partition coefficient (Wildman–Crippen LogP) is 1.24. The van der Waals surface area contributed by atoms with Crippen LogP contribution in [0.2, 0.25) is 0 Å². The first-order valence-corrected chi connectivity index (χ1v) is 6.23. The lowest BCUT2D eigenvalue weighted by atomic mass is 10.2. The first-order valence-electron chi connectivity index (χ1n) is 5.41. The molecule has 0 aliphatic carbocycles. The second kappa shape index (κ2) is 5.68. The summed E-state index contributed by atoms with van der Waals surface area (Å²) in [5.74, 6) is 0. The van der Waals surface area contributed by atoms with Crippen LogP contribution in [0.1, 0.15) is 11.3 Å². The molecule has 0 aromatic carbocycles. The monoisotopic (exact) mass is 291 g/mol. The number of rotatable bonds is 4. The van der Waals surface area contributed by atoms with Gasteiger partial charge in [0.15, 0.2) is 10.2 Å². The zero-order chi connectivity index (χ0) is 14.7. The standard InChI is InChI=1S/C11H9N5O3S/c1-15-8(6-17)5-14-11(15)20-10-9(16(18)19)7(4-12)2-3-13-10/h2-3,5,17H,6H2,1H3. The Labute approximate surface area is 117 Å². The van der Waals surface area contributed by atoms with Gasteiger partial charge >= 0.3 is 5.69 Å². The van der Waals surface area contributed by atoms with E-state index < -0.39 is 4.92 Å². The number of aliphatic hydroxyl groups is 1. The Morgan fingerprint density at radius 1 is 1.60 bits per heavy atom. The molecule has 2 aromatic heterocycles. The first kappa shape index (κ1) is 14.0. The summed E-state index contributed by atoms with van der Waals surface area (Å²) in [4.78, 5) is 18.4. The van der Waals surface area contributed by atoms with Gasteiger partial charge in [0.2, 0.25) is 0 Å². The molecule has 20 heavy (non-hydrogen) atoms. The van der Waals surface area contributed by atoms with Crippen LogP contribution in [0.25, 0.3) is 0 Å². The Kier molecular flexibility index (Phi) is 3.97. The summed E-state index contributed by atoms with van der Waals surface area (Å²) in [6, 6.07) is 3.06. The molecule has 2 rings (SSSR count). The van der Waals surface area contributed by atoms with Crippen molar-refractivity contribution < 1.29 is 10.0 Å². The van der Waals surface area contributed by atoms with E-state index in [9.17, 15) is 10.1 Å². The maximum Gasteiger partial charge on any atom is 0.319 e. The first-order chi connectivity index (χ1) is 9.58. The van der Waals surface area contributed by atoms with Crippen LogP contribution in [0.15, 0.2) is 28.6 Å². The van der Waals surface area contributed by atoms with Crippen molar-refractivity contribution in [1.82, 2.24) is 14.5 Å². The van der Waals surface area contributed by atoms with Crippen LogP contribution in [0.5, 0.6) is 0 Å². The van der Waals surface area contributed by atoms with Crippen molar-refractivity contribution in [2.45, 2.75) is 16.8 Å². The van der Waals surface area contributed by atoms with E-state index in [0.717, 1.165) is 11.8 Å². The molecule has 0 bridgehead atoms. The van der Waals surface area contributed by atoms with Crippen molar-refractivity contribution in [3.05, 3.63) is 39.8 Å². The minimum Gasteiger partial charge on any atom is -0.390 e. The van der Waals surface area contributed by atoms with E-state index in [4.69, 9.17) is 10.4 Å². The van der Waals surface area contributed by atoms with Crippen LogP contribution in [0, 0.1) is 21.4 Å². The normalized spacial score (nSPS) is 10.2. The minimum absolute atomic E-state index is 0.0518. The molecule has 0 radical (unpaired) electrons. The summed E-state index contributed by atoms with van der Waals surface area (Å²) in [6.07, 6.45) is 2.81. The second-order valence-corrected chi connectivity index (χ2v) is 4.69. The maximum absolute atomic E-state index is 11.1. The highest BCUT2D eigenvalue weighted by molar-refractivity contribution is 7.99. The van der Waals surface area contributed by atoms with E-state index in [1.165, 1.54) is 18.5 Å². The van der Waals surface area contributed by atoms with Gasteiger partial charge in [-0.15, -0.1) is 0 Å². The molecule has 0 saturated heterocycles. The highest BCUT2D eigenvalue weighted by Crippen LogP contribution is 2.34. The van der Waals surface area contributed by atoms with Gasteiger partial charge in [-0.1, -0.05) is 0 Å². The number of nitrogens with zero attached hydrogens (tertiary/aromatic N) is 5. The molecule has 2 aromatic rings. The second-order valence-electron chi connectivity index (χ2n) is 3.73. The van der Waals surface area contributed by atoms with E-state index in [1.54, 1.807) is 17.7 Å². The van der Waals surface area contributed by atoms with E-state index in [1.807, 2.05) is 0 Å². The zero-order valence-corrected chi connectivity index (χ0v) is 11.2. The van der Waals surface area contributed by atoms with Gasteiger partial charge in [-0.2, -0.15) is 5.26 Å². The van der Waals surface area contributed by atoms with Gasteiger partial charge in [-0.25, -0.2) is 9.97 Å². The summed E-state index contributed by atoms with van der Waals surface area (Å²) in [5.41, 5.74) is 0.184. The van der Waals surface area contributed by atoms with Gasteiger partial charge < -0.3 is 9.67 Å². The van der Waals surface area contributed by atoms with Crippen molar-refractivity contribution in [2.24, 2.45) is 7.05 Å². The third-order valence-corrected chi connectivity index (χ3v) is 3.64. The number of hydrogen-bond acceptors (Lipinski definition) is 7. The molecule has 2 heterocycles. The molecule has 0 unspecified atom stereocenters. The molecule has 9 heteroatoms. The fraction of sp³-hybridized carbons (Fsp3) is 0.182. The summed E-state index contributed by atoms with van der Waals surface area (Å²) >= 11 is 0.972. The van der Waals surface area contributed by atoms with Crippen LogP contribution < -0.4 is 0 Å². The number of nitriles is 1. The van der Waals surface area contributed by atoms with Crippen molar-refractivity contribution >= 4 is 17.4 Å². The molecule has 0 amide bonds. The topological polar surface area (TPSA) is 118 Å². The molecule has 0 aliphatic heterocycles. The lowest BCUT2D eigenvalue weighted by Gasteiger charge is -2.04. The molecule has 1 N–H and O–H groups in total. The molecule has 0 aliphatic rings. The summed E-state index contributed by atoms with van der Waals surface area (Å²) in [6.45, 7) is -0.183. The number of nitro groups is 1. The van der Waals surface area contributed by atoms with Crippen LogP contribution in [0.3, 0.4) is 0 Å². The van der Waals surface area contributed by atoms with Crippen LogP contribution in [0.4, 0.5) is 5.69 Å². The van der Waals surface area contributed by atoms with Gasteiger partial charge in [0.05, 0.1) is 23.4 Å². The summed E-state index contributed by atoms with van der Waals surface area (Å²) in [7, 11) is 1.68. The van der Waals surface area contributed by atoms with E-state index in [0.29, 0.717) is 10.9 Å². The van der Waals surface area contributed by atoms with Crippen molar-refractivity contribution in [2.75, 3.05) is 0 Å². The molecule has 0 atom stereocenters. The molecular weight excluding hydrogens is 282 g/mol. The predicted molar refractivity (Wildman–Crippen MR) is 68.9 cm³/mol. The van der Waals surface area contributed by atoms with Gasteiger partial charge in [-0.05, 0) is 17.8 Å². The summed E-state index contributed by atoms with van der Waals surface area (Å²) in [5, 5.41) is 29.6. The average molecular weight is 291 g/mol. The molecule has 102 valence electrons. The third-order valence-electron chi connectivity index (χ3n) is 2.59.